The number of anilines is 1. The van der Waals surface area contributed by atoms with Gasteiger partial charge in [-0.3, -0.25) is 14.9 Å². The van der Waals surface area contributed by atoms with E-state index in [-0.39, 0.29) is 6.54 Å². The van der Waals surface area contributed by atoms with Gasteiger partial charge in [0.2, 0.25) is 11.0 Å². The van der Waals surface area contributed by atoms with Crippen molar-refractivity contribution in [3.05, 3.63) is 45.7 Å². The van der Waals surface area contributed by atoms with Gasteiger partial charge in [-0.25, -0.2) is 4.68 Å². The molecule has 3 rings (SSSR count). The number of ether oxygens (including phenoxy) is 2. The first-order valence-electron chi connectivity index (χ1n) is 7.90. The van der Waals surface area contributed by atoms with Crippen molar-refractivity contribution in [3.63, 3.8) is 0 Å². The second-order valence-electron chi connectivity index (χ2n) is 5.46. The van der Waals surface area contributed by atoms with Gasteiger partial charge in [0.1, 0.15) is 23.1 Å². The summed E-state index contributed by atoms with van der Waals surface area (Å²) in [6, 6.07) is 8.18. The Morgan fingerprint density at radius 3 is 2.67 bits per heavy atom. The van der Waals surface area contributed by atoms with Crippen molar-refractivity contribution in [3.8, 4) is 22.8 Å². The molecule has 140 valence electrons. The Morgan fingerprint density at radius 1 is 1.19 bits per heavy atom. The van der Waals surface area contributed by atoms with Crippen LogP contribution in [0.1, 0.15) is 5.01 Å². The number of carbonyl (C=O) groups excluding carboxylic acids is 1. The lowest BCUT2D eigenvalue weighted by Crippen LogP contribution is -2.29. The van der Waals surface area contributed by atoms with Crippen LogP contribution in [0.2, 0.25) is 0 Å². The number of carbonyl (C=O) groups is 1. The van der Waals surface area contributed by atoms with Gasteiger partial charge in [-0.1, -0.05) is 11.3 Å². The van der Waals surface area contributed by atoms with E-state index in [1.54, 1.807) is 45.4 Å². The fourth-order valence-corrected chi connectivity index (χ4v) is 2.97. The van der Waals surface area contributed by atoms with Gasteiger partial charge in [0, 0.05) is 11.6 Å². The van der Waals surface area contributed by atoms with Gasteiger partial charge in [0.05, 0.1) is 19.9 Å². The van der Waals surface area contributed by atoms with Gasteiger partial charge in [-0.05, 0) is 31.2 Å². The summed E-state index contributed by atoms with van der Waals surface area (Å²) in [4.78, 5) is 24.3. The average Bonchev–Trinajstić information content (AvgIpc) is 3.07. The maximum absolute atomic E-state index is 12.2. The fraction of sp³-hybridized carbons (Fsp3) is 0.235. The Kier molecular flexibility index (Phi) is 5.46. The van der Waals surface area contributed by atoms with Gasteiger partial charge in [-0.2, -0.15) is 5.10 Å². The van der Waals surface area contributed by atoms with Crippen LogP contribution in [0.25, 0.3) is 11.3 Å². The van der Waals surface area contributed by atoms with E-state index < -0.39 is 11.5 Å². The Morgan fingerprint density at radius 2 is 2.00 bits per heavy atom. The van der Waals surface area contributed by atoms with Crippen molar-refractivity contribution >= 4 is 22.4 Å². The number of amides is 1. The first kappa shape index (κ1) is 18.5. The minimum absolute atomic E-state index is 0.252. The molecule has 0 radical (unpaired) electrons. The Balaban J connectivity index is 1.88. The zero-order chi connectivity index (χ0) is 19.4. The molecule has 1 N–H and O–H groups in total. The van der Waals surface area contributed by atoms with E-state index in [4.69, 9.17) is 9.47 Å². The summed E-state index contributed by atoms with van der Waals surface area (Å²) in [5.41, 5.74) is 0.722. The van der Waals surface area contributed by atoms with E-state index in [1.165, 1.54) is 17.4 Å². The van der Waals surface area contributed by atoms with Crippen molar-refractivity contribution in [2.45, 2.75) is 13.5 Å². The number of benzene rings is 1. The van der Waals surface area contributed by atoms with Crippen LogP contribution >= 0.6 is 11.3 Å². The van der Waals surface area contributed by atoms with Gasteiger partial charge < -0.3 is 9.47 Å². The van der Waals surface area contributed by atoms with E-state index in [0.29, 0.717) is 27.9 Å². The molecular formula is C17H17N5O4S. The third-order valence-corrected chi connectivity index (χ3v) is 4.37. The Labute approximate surface area is 158 Å². The first-order valence-corrected chi connectivity index (χ1v) is 8.72. The lowest BCUT2D eigenvalue weighted by Gasteiger charge is -2.11. The van der Waals surface area contributed by atoms with Crippen LogP contribution in [-0.2, 0) is 11.3 Å². The molecule has 1 amide bonds. The highest BCUT2D eigenvalue weighted by atomic mass is 32.1. The summed E-state index contributed by atoms with van der Waals surface area (Å²) in [6.07, 6.45) is 0. The predicted octanol–water partition coefficient (Wildman–Crippen LogP) is 1.73. The van der Waals surface area contributed by atoms with Crippen LogP contribution in [0.3, 0.4) is 0 Å². The standard InChI is InChI=1S/C17H17N5O4S/c1-10-19-20-17(27-10)18-15(23)9-22-16(24)7-5-13(21-22)12-8-11(25-2)4-6-14(12)26-3/h4-8H,9H2,1-3H3,(H,18,20,23). The molecule has 0 fully saturated rings. The molecule has 10 heteroatoms. The second-order valence-corrected chi connectivity index (χ2v) is 6.64. The third-order valence-electron chi connectivity index (χ3n) is 3.61. The van der Waals surface area contributed by atoms with Crippen molar-refractivity contribution in [1.29, 1.82) is 0 Å². The van der Waals surface area contributed by atoms with Crippen LogP contribution in [0.4, 0.5) is 5.13 Å². The summed E-state index contributed by atoms with van der Waals surface area (Å²) >= 11 is 1.25. The van der Waals surface area contributed by atoms with Gasteiger partial charge in [0.15, 0.2) is 0 Å². The van der Waals surface area contributed by atoms with Crippen molar-refractivity contribution in [2.75, 3.05) is 19.5 Å². The van der Waals surface area contributed by atoms with Crippen LogP contribution in [0.15, 0.2) is 35.1 Å². The summed E-state index contributed by atoms with van der Waals surface area (Å²) in [5.74, 6) is 0.771. The van der Waals surface area contributed by atoms with Crippen LogP contribution in [-0.4, -0.2) is 40.1 Å². The number of hydrogen-bond acceptors (Lipinski definition) is 8. The smallest absolute Gasteiger partial charge is 0.267 e. The predicted molar refractivity (Wildman–Crippen MR) is 100 cm³/mol. The molecule has 27 heavy (non-hydrogen) atoms. The molecule has 0 spiro atoms. The average molecular weight is 387 g/mol. The summed E-state index contributed by atoms with van der Waals surface area (Å²) in [6.45, 7) is 1.53. The maximum atomic E-state index is 12.2. The molecular weight excluding hydrogens is 370 g/mol. The lowest BCUT2D eigenvalue weighted by molar-refractivity contribution is -0.117. The normalized spacial score (nSPS) is 10.5. The number of nitrogens with one attached hydrogen (secondary N) is 1. The van der Waals surface area contributed by atoms with E-state index in [1.807, 2.05) is 0 Å². The van der Waals surface area contributed by atoms with E-state index in [0.717, 1.165) is 9.69 Å². The number of hydrogen-bond donors (Lipinski definition) is 1. The number of nitrogens with zero attached hydrogens (tertiary/aromatic N) is 4. The van der Waals surface area contributed by atoms with Crippen LogP contribution in [0.5, 0.6) is 11.5 Å². The Hall–Kier alpha value is -3.27. The largest absolute Gasteiger partial charge is 0.497 e. The highest BCUT2D eigenvalue weighted by Gasteiger charge is 2.13. The summed E-state index contributed by atoms with van der Waals surface area (Å²) < 4.78 is 11.7. The molecule has 0 aliphatic rings. The van der Waals surface area contributed by atoms with Crippen molar-refractivity contribution in [1.82, 2.24) is 20.0 Å². The van der Waals surface area contributed by atoms with Crippen LogP contribution in [0, 0.1) is 6.92 Å². The number of aryl methyl sites for hydroxylation is 1. The highest BCUT2D eigenvalue weighted by Crippen LogP contribution is 2.31. The van der Waals surface area contributed by atoms with E-state index >= 15 is 0 Å². The molecule has 0 bridgehead atoms. The highest BCUT2D eigenvalue weighted by molar-refractivity contribution is 7.15. The van der Waals surface area contributed by atoms with E-state index in [2.05, 4.69) is 20.6 Å². The molecule has 2 heterocycles. The molecule has 0 unspecified atom stereocenters. The lowest BCUT2D eigenvalue weighted by atomic mass is 10.1. The zero-order valence-corrected chi connectivity index (χ0v) is 15.7. The van der Waals surface area contributed by atoms with Gasteiger partial charge in [0.25, 0.3) is 5.56 Å². The Bertz CT molecular complexity index is 1030. The molecule has 2 aromatic heterocycles. The SMILES string of the molecule is COc1ccc(OC)c(-c2ccc(=O)n(CC(=O)Nc3nnc(C)s3)n2)c1. The molecule has 0 aliphatic carbocycles. The summed E-state index contributed by atoms with van der Waals surface area (Å²) in [5, 5.41) is 15.6. The molecule has 0 saturated carbocycles. The quantitative estimate of drug-likeness (QED) is 0.686. The summed E-state index contributed by atoms with van der Waals surface area (Å²) in [7, 11) is 3.10. The second kappa shape index (κ2) is 7.96. The molecule has 0 aliphatic heterocycles. The monoisotopic (exact) mass is 387 g/mol. The maximum Gasteiger partial charge on any atom is 0.267 e. The van der Waals surface area contributed by atoms with Gasteiger partial charge >= 0.3 is 0 Å². The van der Waals surface area contributed by atoms with E-state index in [9.17, 15) is 9.59 Å². The first-order chi connectivity index (χ1) is 13.0. The number of rotatable bonds is 6. The van der Waals surface area contributed by atoms with Crippen molar-refractivity contribution in [2.24, 2.45) is 0 Å². The molecule has 0 atom stereocenters. The molecule has 3 aromatic rings. The minimum atomic E-state index is -0.421. The molecule has 9 nitrogen and oxygen atoms in total. The van der Waals surface area contributed by atoms with Gasteiger partial charge in [-0.15, -0.1) is 10.2 Å². The number of methoxy groups -OCH3 is 2. The number of aromatic nitrogens is 4. The van der Waals surface area contributed by atoms with Crippen LogP contribution < -0.4 is 20.3 Å². The molecule has 0 saturated heterocycles. The minimum Gasteiger partial charge on any atom is -0.497 e. The third kappa shape index (κ3) is 4.29. The fourth-order valence-electron chi connectivity index (χ4n) is 2.36. The molecule has 1 aromatic carbocycles. The zero-order valence-electron chi connectivity index (χ0n) is 14.9. The topological polar surface area (TPSA) is 108 Å². The van der Waals surface area contributed by atoms with Crippen molar-refractivity contribution < 1.29 is 14.3 Å².